The number of hydrogen-bond acceptors (Lipinski definition) is 4. The summed E-state index contributed by atoms with van der Waals surface area (Å²) in [4.78, 5) is 25.8. The highest BCUT2D eigenvalue weighted by molar-refractivity contribution is 5.95. The minimum absolute atomic E-state index is 0.123. The molecule has 2 aromatic rings. The lowest BCUT2D eigenvalue weighted by Gasteiger charge is -2.22. The number of methoxy groups -OCH3 is 2. The Hall–Kier alpha value is -3.02. The highest BCUT2D eigenvalue weighted by atomic mass is 16.5. The molecule has 0 radical (unpaired) electrons. The van der Waals surface area contributed by atoms with Gasteiger partial charge >= 0.3 is 0 Å². The van der Waals surface area contributed by atoms with Crippen molar-refractivity contribution in [2.24, 2.45) is 0 Å². The summed E-state index contributed by atoms with van der Waals surface area (Å²) in [6.07, 6.45) is 0. The van der Waals surface area contributed by atoms with Gasteiger partial charge in [-0.3, -0.25) is 9.59 Å². The van der Waals surface area contributed by atoms with Crippen molar-refractivity contribution >= 4 is 17.5 Å². The predicted molar refractivity (Wildman–Crippen MR) is 101 cm³/mol. The van der Waals surface area contributed by atoms with E-state index in [1.54, 1.807) is 43.4 Å². The normalized spacial score (nSPS) is 10.2. The van der Waals surface area contributed by atoms with Crippen LogP contribution >= 0.6 is 0 Å². The summed E-state index contributed by atoms with van der Waals surface area (Å²) < 4.78 is 10.5. The monoisotopic (exact) mass is 356 g/mol. The van der Waals surface area contributed by atoms with Crippen LogP contribution in [-0.4, -0.2) is 39.1 Å². The molecule has 2 rings (SSSR count). The highest BCUT2D eigenvalue weighted by Gasteiger charge is 2.15. The molecule has 0 aromatic heterocycles. The Morgan fingerprint density at radius 1 is 1.04 bits per heavy atom. The number of nitrogens with one attached hydrogen (secondary N) is 1. The first kappa shape index (κ1) is 19.3. The number of benzene rings is 2. The van der Waals surface area contributed by atoms with Crippen LogP contribution in [0.2, 0.25) is 0 Å². The Morgan fingerprint density at radius 3 is 2.38 bits per heavy atom. The summed E-state index contributed by atoms with van der Waals surface area (Å²) in [5.41, 5.74) is 2.30. The van der Waals surface area contributed by atoms with Gasteiger partial charge in [-0.25, -0.2) is 0 Å². The van der Waals surface area contributed by atoms with Gasteiger partial charge in [-0.1, -0.05) is 17.7 Å². The lowest BCUT2D eigenvalue weighted by molar-refractivity contribution is -0.116. The molecular formula is C20H24N2O4. The van der Waals surface area contributed by atoms with Crippen LogP contribution in [0.15, 0.2) is 42.5 Å². The maximum absolute atomic E-state index is 12.2. The first-order valence-corrected chi connectivity index (χ1v) is 8.31. The van der Waals surface area contributed by atoms with Crippen molar-refractivity contribution in [2.45, 2.75) is 13.8 Å². The zero-order valence-electron chi connectivity index (χ0n) is 15.5. The van der Waals surface area contributed by atoms with Crippen LogP contribution in [-0.2, 0) is 4.79 Å². The molecule has 0 fully saturated rings. The number of hydrogen-bond donors (Lipinski definition) is 1. The van der Waals surface area contributed by atoms with E-state index < -0.39 is 0 Å². The largest absolute Gasteiger partial charge is 0.493 e. The second-order valence-corrected chi connectivity index (χ2v) is 5.84. The Bertz CT molecular complexity index is 789. The molecule has 0 saturated carbocycles. The lowest BCUT2D eigenvalue weighted by atomic mass is 10.1. The van der Waals surface area contributed by atoms with Crippen molar-refractivity contribution in [1.82, 2.24) is 5.32 Å². The number of ether oxygens (including phenoxy) is 2. The van der Waals surface area contributed by atoms with E-state index in [0.29, 0.717) is 35.8 Å². The smallest absolute Gasteiger partial charge is 0.251 e. The molecule has 0 spiro atoms. The molecule has 2 aromatic carbocycles. The first-order chi connectivity index (χ1) is 12.5. The van der Waals surface area contributed by atoms with E-state index in [4.69, 9.17) is 9.47 Å². The fourth-order valence-electron chi connectivity index (χ4n) is 2.63. The van der Waals surface area contributed by atoms with E-state index >= 15 is 0 Å². The Morgan fingerprint density at radius 2 is 1.77 bits per heavy atom. The predicted octanol–water partition coefficient (Wildman–Crippen LogP) is 2.80. The third-order valence-electron chi connectivity index (χ3n) is 3.96. The van der Waals surface area contributed by atoms with E-state index in [1.165, 1.54) is 6.92 Å². The Balaban J connectivity index is 2.05. The number of carbonyl (C=O) groups is 2. The molecule has 0 aliphatic rings. The SMILES string of the molecule is COc1ccc(N(CCNC(=O)c2cccc(C)c2)C(C)=O)cc1OC. The third kappa shape index (κ3) is 4.75. The number of aryl methyl sites for hydroxylation is 1. The van der Waals surface area contributed by atoms with E-state index in [9.17, 15) is 9.59 Å². The molecule has 6 heteroatoms. The molecule has 0 saturated heterocycles. The van der Waals surface area contributed by atoms with Gasteiger partial charge < -0.3 is 19.7 Å². The molecule has 0 aliphatic heterocycles. The van der Waals surface area contributed by atoms with Gasteiger partial charge in [-0.05, 0) is 31.2 Å². The lowest BCUT2D eigenvalue weighted by Crippen LogP contribution is -2.37. The molecule has 0 bridgehead atoms. The molecule has 138 valence electrons. The van der Waals surface area contributed by atoms with Gasteiger partial charge in [0.25, 0.3) is 5.91 Å². The van der Waals surface area contributed by atoms with Gasteiger partial charge in [0.15, 0.2) is 11.5 Å². The fraction of sp³-hybridized carbons (Fsp3) is 0.300. The second kappa shape index (κ2) is 8.89. The molecule has 0 aliphatic carbocycles. The molecule has 6 nitrogen and oxygen atoms in total. The summed E-state index contributed by atoms with van der Waals surface area (Å²) in [6.45, 7) is 4.10. The quantitative estimate of drug-likeness (QED) is 0.828. The summed E-state index contributed by atoms with van der Waals surface area (Å²) in [5.74, 6) is 0.846. The van der Waals surface area contributed by atoms with Gasteiger partial charge in [-0.2, -0.15) is 0 Å². The van der Waals surface area contributed by atoms with E-state index in [1.807, 2.05) is 25.1 Å². The molecule has 0 unspecified atom stereocenters. The Kier molecular flexibility index (Phi) is 6.60. The average molecular weight is 356 g/mol. The average Bonchev–Trinajstić information content (AvgIpc) is 2.64. The van der Waals surface area contributed by atoms with Gasteiger partial charge in [0.2, 0.25) is 5.91 Å². The van der Waals surface area contributed by atoms with Crippen LogP contribution in [0.25, 0.3) is 0 Å². The summed E-state index contributed by atoms with van der Waals surface area (Å²) in [7, 11) is 3.10. The number of amides is 2. The maximum atomic E-state index is 12.2. The summed E-state index contributed by atoms with van der Waals surface area (Å²) >= 11 is 0. The molecule has 1 N–H and O–H groups in total. The van der Waals surface area contributed by atoms with Crippen molar-refractivity contribution in [3.05, 3.63) is 53.6 Å². The van der Waals surface area contributed by atoms with Crippen molar-refractivity contribution in [2.75, 3.05) is 32.2 Å². The maximum Gasteiger partial charge on any atom is 0.251 e. The van der Waals surface area contributed by atoms with E-state index in [0.717, 1.165) is 5.56 Å². The van der Waals surface area contributed by atoms with Crippen LogP contribution < -0.4 is 19.7 Å². The third-order valence-corrected chi connectivity index (χ3v) is 3.96. The number of anilines is 1. The molecule has 2 amide bonds. The first-order valence-electron chi connectivity index (χ1n) is 8.31. The van der Waals surface area contributed by atoms with Gasteiger partial charge in [-0.15, -0.1) is 0 Å². The second-order valence-electron chi connectivity index (χ2n) is 5.84. The molecule has 26 heavy (non-hydrogen) atoms. The highest BCUT2D eigenvalue weighted by Crippen LogP contribution is 2.31. The van der Waals surface area contributed by atoms with E-state index in [-0.39, 0.29) is 11.8 Å². The van der Waals surface area contributed by atoms with Crippen LogP contribution in [0.4, 0.5) is 5.69 Å². The van der Waals surface area contributed by atoms with Crippen molar-refractivity contribution in [3.63, 3.8) is 0 Å². The van der Waals surface area contributed by atoms with Crippen molar-refractivity contribution in [3.8, 4) is 11.5 Å². The molecule has 0 atom stereocenters. The van der Waals surface area contributed by atoms with Crippen molar-refractivity contribution in [1.29, 1.82) is 0 Å². The van der Waals surface area contributed by atoms with Gasteiger partial charge in [0.05, 0.1) is 14.2 Å². The minimum Gasteiger partial charge on any atom is -0.493 e. The van der Waals surface area contributed by atoms with Crippen LogP contribution in [0, 0.1) is 6.92 Å². The topological polar surface area (TPSA) is 67.9 Å². The van der Waals surface area contributed by atoms with Crippen LogP contribution in [0.1, 0.15) is 22.8 Å². The molecular weight excluding hydrogens is 332 g/mol. The molecule has 0 heterocycles. The minimum atomic E-state index is -0.162. The van der Waals surface area contributed by atoms with Gasteiger partial charge in [0, 0.05) is 37.3 Å². The van der Waals surface area contributed by atoms with Gasteiger partial charge in [0.1, 0.15) is 0 Å². The van der Waals surface area contributed by atoms with Crippen molar-refractivity contribution < 1.29 is 19.1 Å². The number of nitrogens with zero attached hydrogens (tertiary/aromatic N) is 1. The number of carbonyl (C=O) groups excluding carboxylic acids is 2. The van der Waals surface area contributed by atoms with Crippen LogP contribution in [0.5, 0.6) is 11.5 Å². The standard InChI is InChI=1S/C20H24N2O4/c1-14-6-5-7-16(12-14)20(24)21-10-11-22(15(2)23)17-8-9-18(25-3)19(13-17)26-4/h5-9,12-13H,10-11H2,1-4H3,(H,21,24). The number of rotatable bonds is 7. The Labute approximate surface area is 153 Å². The van der Waals surface area contributed by atoms with E-state index in [2.05, 4.69) is 5.32 Å². The zero-order chi connectivity index (χ0) is 19.1. The zero-order valence-corrected chi connectivity index (χ0v) is 15.5. The summed E-state index contributed by atoms with van der Waals surface area (Å²) in [5, 5.41) is 2.84. The fourth-order valence-corrected chi connectivity index (χ4v) is 2.63. The summed E-state index contributed by atoms with van der Waals surface area (Å²) in [6, 6.07) is 12.6. The van der Waals surface area contributed by atoms with Crippen LogP contribution in [0.3, 0.4) is 0 Å².